The Labute approximate surface area is 136 Å². The molecule has 0 atom stereocenters. The standard InChI is InChI=1S/C19H22N2O2/c1-15-7-5-6-10-17(15)19(23)21-14-12-18(22)20-13-11-16-8-3-2-4-9-16/h2-10H,11-14H2,1H3,(H,20,22)(H,21,23). The summed E-state index contributed by atoms with van der Waals surface area (Å²) < 4.78 is 0. The van der Waals surface area contributed by atoms with Gasteiger partial charge in [0.2, 0.25) is 5.91 Å². The maximum Gasteiger partial charge on any atom is 0.251 e. The molecule has 0 heterocycles. The van der Waals surface area contributed by atoms with Crippen LogP contribution in [0.4, 0.5) is 0 Å². The molecule has 4 nitrogen and oxygen atoms in total. The first kappa shape index (κ1) is 16.7. The fourth-order valence-electron chi connectivity index (χ4n) is 2.29. The lowest BCUT2D eigenvalue weighted by atomic mass is 10.1. The van der Waals surface area contributed by atoms with Gasteiger partial charge in [0.1, 0.15) is 0 Å². The number of carbonyl (C=O) groups excluding carboxylic acids is 2. The summed E-state index contributed by atoms with van der Waals surface area (Å²) >= 11 is 0. The first-order chi connectivity index (χ1) is 11.2. The third-order valence-electron chi connectivity index (χ3n) is 3.61. The van der Waals surface area contributed by atoms with Gasteiger partial charge in [-0.3, -0.25) is 9.59 Å². The highest BCUT2D eigenvalue weighted by atomic mass is 16.2. The minimum absolute atomic E-state index is 0.0500. The smallest absolute Gasteiger partial charge is 0.251 e. The SMILES string of the molecule is Cc1ccccc1C(=O)NCCC(=O)NCCc1ccccc1. The molecule has 0 radical (unpaired) electrons. The zero-order chi connectivity index (χ0) is 16.5. The molecule has 2 amide bonds. The lowest BCUT2D eigenvalue weighted by molar-refractivity contribution is -0.120. The Kier molecular flexibility index (Phi) is 6.36. The van der Waals surface area contributed by atoms with Gasteiger partial charge in [0.15, 0.2) is 0 Å². The van der Waals surface area contributed by atoms with E-state index in [2.05, 4.69) is 10.6 Å². The molecule has 4 heteroatoms. The fourth-order valence-corrected chi connectivity index (χ4v) is 2.29. The minimum Gasteiger partial charge on any atom is -0.356 e. The van der Waals surface area contributed by atoms with Crippen molar-refractivity contribution in [3.63, 3.8) is 0 Å². The van der Waals surface area contributed by atoms with E-state index in [9.17, 15) is 9.59 Å². The van der Waals surface area contributed by atoms with Gasteiger partial charge >= 0.3 is 0 Å². The molecule has 0 saturated carbocycles. The number of hydrogen-bond donors (Lipinski definition) is 2. The van der Waals surface area contributed by atoms with Gasteiger partial charge in [0.25, 0.3) is 5.91 Å². The summed E-state index contributed by atoms with van der Waals surface area (Å²) in [5.41, 5.74) is 2.77. The van der Waals surface area contributed by atoms with Crippen LogP contribution < -0.4 is 10.6 Å². The van der Waals surface area contributed by atoms with Crippen LogP contribution in [0.25, 0.3) is 0 Å². The van der Waals surface area contributed by atoms with Crippen LogP contribution in [0.1, 0.15) is 27.9 Å². The Morgan fingerprint density at radius 2 is 1.57 bits per heavy atom. The summed E-state index contributed by atoms with van der Waals surface area (Å²) in [6.07, 6.45) is 1.09. The van der Waals surface area contributed by atoms with Crippen LogP contribution in [-0.4, -0.2) is 24.9 Å². The molecule has 0 aliphatic rings. The topological polar surface area (TPSA) is 58.2 Å². The highest BCUT2D eigenvalue weighted by molar-refractivity contribution is 5.95. The lowest BCUT2D eigenvalue weighted by Gasteiger charge is -2.08. The molecule has 2 N–H and O–H groups in total. The number of carbonyl (C=O) groups is 2. The summed E-state index contributed by atoms with van der Waals surface area (Å²) in [4.78, 5) is 23.8. The first-order valence-corrected chi connectivity index (χ1v) is 7.81. The van der Waals surface area contributed by atoms with Crippen molar-refractivity contribution < 1.29 is 9.59 Å². The van der Waals surface area contributed by atoms with Gasteiger partial charge in [-0.2, -0.15) is 0 Å². The summed E-state index contributed by atoms with van der Waals surface area (Å²) in [6.45, 7) is 2.84. The van der Waals surface area contributed by atoms with Gasteiger partial charge in [0, 0.05) is 25.1 Å². The Hall–Kier alpha value is -2.62. The molecule has 0 spiro atoms. The molecule has 0 unspecified atom stereocenters. The highest BCUT2D eigenvalue weighted by Crippen LogP contribution is 2.06. The average molecular weight is 310 g/mol. The average Bonchev–Trinajstić information content (AvgIpc) is 2.56. The predicted molar refractivity (Wildman–Crippen MR) is 91.3 cm³/mol. The summed E-state index contributed by atoms with van der Waals surface area (Å²) in [5, 5.41) is 5.64. The van der Waals surface area contributed by atoms with Crippen molar-refractivity contribution in [1.29, 1.82) is 0 Å². The van der Waals surface area contributed by atoms with E-state index < -0.39 is 0 Å². The number of nitrogens with one attached hydrogen (secondary N) is 2. The number of rotatable bonds is 7. The molecular formula is C19H22N2O2. The van der Waals surface area contributed by atoms with Crippen LogP contribution in [0, 0.1) is 6.92 Å². The van der Waals surface area contributed by atoms with Gasteiger partial charge in [-0.1, -0.05) is 48.5 Å². The molecule has 0 aliphatic carbocycles. The van der Waals surface area contributed by atoms with Gasteiger partial charge in [-0.05, 0) is 30.5 Å². The second-order valence-electron chi connectivity index (χ2n) is 5.41. The van der Waals surface area contributed by atoms with E-state index >= 15 is 0 Å². The maximum atomic E-state index is 12.0. The van der Waals surface area contributed by atoms with Crippen molar-refractivity contribution in [2.75, 3.05) is 13.1 Å². The third-order valence-corrected chi connectivity index (χ3v) is 3.61. The fraction of sp³-hybridized carbons (Fsp3) is 0.263. The van der Waals surface area contributed by atoms with E-state index in [4.69, 9.17) is 0 Å². The normalized spacial score (nSPS) is 10.1. The van der Waals surface area contributed by atoms with E-state index in [1.54, 1.807) is 6.07 Å². The zero-order valence-corrected chi connectivity index (χ0v) is 13.3. The van der Waals surface area contributed by atoms with Crippen LogP contribution in [0.2, 0.25) is 0 Å². The van der Waals surface area contributed by atoms with E-state index in [0.717, 1.165) is 12.0 Å². The van der Waals surface area contributed by atoms with E-state index in [0.29, 0.717) is 18.7 Å². The van der Waals surface area contributed by atoms with Crippen molar-refractivity contribution in [3.05, 3.63) is 71.3 Å². The van der Waals surface area contributed by atoms with E-state index in [1.165, 1.54) is 5.56 Å². The van der Waals surface area contributed by atoms with Crippen molar-refractivity contribution in [3.8, 4) is 0 Å². The Morgan fingerprint density at radius 1 is 0.870 bits per heavy atom. The Balaban J connectivity index is 1.65. The molecule has 23 heavy (non-hydrogen) atoms. The Bertz CT molecular complexity index is 653. The first-order valence-electron chi connectivity index (χ1n) is 7.81. The number of amides is 2. The summed E-state index contributed by atoms with van der Waals surface area (Å²) in [5.74, 6) is -0.189. The second-order valence-corrected chi connectivity index (χ2v) is 5.41. The quantitative estimate of drug-likeness (QED) is 0.825. The third kappa shape index (κ3) is 5.58. The van der Waals surface area contributed by atoms with E-state index in [1.807, 2.05) is 55.5 Å². The lowest BCUT2D eigenvalue weighted by Crippen LogP contribution is -2.31. The van der Waals surface area contributed by atoms with Crippen LogP contribution in [0.5, 0.6) is 0 Å². The Morgan fingerprint density at radius 3 is 2.30 bits per heavy atom. The molecule has 2 aromatic carbocycles. The van der Waals surface area contributed by atoms with Crippen LogP contribution in [-0.2, 0) is 11.2 Å². The van der Waals surface area contributed by atoms with E-state index in [-0.39, 0.29) is 18.2 Å². The number of hydrogen-bond acceptors (Lipinski definition) is 2. The number of aryl methyl sites for hydroxylation is 1. The minimum atomic E-state index is -0.139. The molecule has 0 bridgehead atoms. The number of benzene rings is 2. The maximum absolute atomic E-state index is 12.0. The summed E-state index contributed by atoms with van der Waals surface area (Å²) in [6, 6.07) is 17.4. The molecule has 0 aromatic heterocycles. The molecule has 2 rings (SSSR count). The summed E-state index contributed by atoms with van der Waals surface area (Å²) in [7, 11) is 0. The van der Waals surface area contributed by atoms with Crippen molar-refractivity contribution in [2.45, 2.75) is 19.8 Å². The molecule has 2 aromatic rings. The van der Waals surface area contributed by atoms with Crippen molar-refractivity contribution in [2.24, 2.45) is 0 Å². The van der Waals surface area contributed by atoms with Crippen molar-refractivity contribution >= 4 is 11.8 Å². The van der Waals surface area contributed by atoms with Crippen LogP contribution in [0.3, 0.4) is 0 Å². The van der Waals surface area contributed by atoms with Gasteiger partial charge in [-0.25, -0.2) is 0 Å². The molecule has 0 aliphatic heterocycles. The van der Waals surface area contributed by atoms with Gasteiger partial charge in [0.05, 0.1) is 0 Å². The predicted octanol–water partition coefficient (Wildman–Crippen LogP) is 2.47. The molecule has 0 fully saturated rings. The monoisotopic (exact) mass is 310 g/mol. The second kappa shape index (κ2) is 8.73. The molecule has 120 valence electrons. The van der Waals surface area contributed by atoms with Gasteiger partial charge in [-0.15, -0.1) is 0 Å². The zero-order valence-electron chi connectivity index (χ0n) is 13.3. The molecular weight excluding hydrogens is 288 g/mol. The van der Waals surface area contributed by atoms with Gasteiger partial charge < -0.3 is 10.6 Å². The van der Waals surface area contributed by atoms with Crippen LogP contribution >= 0.6 is 0 Å². The largest absolute Gasteiger partial charge is 0.356 e. The van der Waals surface area contributed by atoms with Crippen LogP contribution in [0.15, 0.2) is 54.6 Å². The highest BCUT2D eigenvalue weighted by Gasteiger charge is 2.08. The van der Waals surface area contributed by atoms with Crippen molar-refractivity contribution in [1.82, 2.24) is 10.6 Å². The molecule has 0 saturated heterocycles.